The molecule has 2 unspecified atom stereocenters. The molecule has 0 bridgehead atoms. The zero-order valence-electron chi connectivity index (χ0n) is 13.5. The Labute approximate surface area is 130 Å². The summed E-state index contributed by atoms with van der Waals surface area (Å²) in [6.45, 7) is 10.1. The lowest BCUT2D eigenvalue weighted by Crippen LogP contribution is -2.41. The highest BCUT2D eigenvalue weighted by atomic mass is 16.7. The first-order chi connectivity index (χ1) is 9.94. The van der Waals surface area contributed by atoms with Crippen LogP contribution in [-0.4, -0.2) is 43.4 Å². The Morgan fingerprint density at radius 1 is 1.18 bits per heavy atom. The van der Waals surface area contributed by atoms with Crippen molar-refractivity contribution < 1.29 is 24.6 Å². The van der Waals surface area contributed by atoms with E-state index in [2.05, 4.69) is 12.0 Å². The summed E-state index contributed by atoms with van der Waals surface area (Å²) in [5.41, 5.74) is -0.0607. The molecule has 1 saturated carbocycles. The van der Waals surface area contributed by atoms with Crippen LogP contribution in [-0.2, 0) is 15.4 Å². The van der Waals surface area contributed by atoms with E-state index in [1.54, 1.807) is 6.07 Å². The van der Waals surface area contributed by atoms with Crippen molar-refractivity contribution in [3.05, 3.63) is 18.0 Å². The molecule has 0 amide bonds. The third-order valence-electron chi connectivity index (χ3n) is 5.29. The van der Waals surface area contributed by atoms with Gasteiger partial charge in [-0.3, -0.25) is 0 Å². The average Bonchev–Trinajstić information content (AvgIpc) is 2.71. The lowest BCUT2D eigenvalue weighted by molar-refractivity contribution is -0.381. The SMILES string of the molecule is C[C@@H]1C(B2OC(C)(C)C(C)(C)O2)C1c1ccn(C(O)(O)O)n1. The van der Waals surface area contributed by atoms with Gasteiger partial charge in [-0.25, -0.2) is 0 Å². The molecule has 2 heterocycles. The van der Waals surface area contributed by atoms with E-state index in [0.717, 1.165) is 0 Å². The predicted molar refractivity (Wildman–Crippen MR) is 78.6 cm³/mol. The molecule has 7 nitrogen and oxygen atoms in total. The highest BCUT2D eigenvalue weighted by molar-refractivity contribution is 6.49. The number of hydrogen-bond donors (Lipinski definition) is 3. The number of nitrogens with zero attached hydrogens (tertiary/aromatic N) is 2. The minimum Gasteiger partial charge on any atom is -0.403 e. The summed E-state index contributed by atoms with van der Waals surface area (Å²) in [7, 11) is -0.308. The van der Waals surface area contributed by atoms with Crippen molar-refractivity contribution in [1.29, 1.82) is 0 Å². The molecular formula is C14H23BN2O5. The molecule has 1 aliphatic carbocycles. The van der Waals surface area contributed by atoms with Crippen LogP contribution >= 0.6 is 0 Å². The van der Waals surface area contributed by atoms with Crippen LogP contribution in [0.5, 0.6) is 0 Å². The third kappa shape index (κ3) is 2.39. The molecule has 1 aromatic heterocycles. The molecule has 0 spiro atoms. The third-order valence-corrected chi connectivity index (χ3v) is 5.29. The second-order valence-electron chi connectivity index (χ2n) is 7.37. The summed E-state index contributed by atoms with van der Waals surface area (Å²) in [6, 6.07) is 1.67. The second kappa shape index (κ2) is 4.55. The molecule has 2 fully saturated rings. The molecule has 1 aromatic rings. The summed E-state index contributed by atoms with van der Waals surface area (Å²) in [5.74, 6) is 0.580. The lowest BCUT2D eigenvalue weighted by atomic mass is 9.79. The topological polar surface area (TPSA) is 97.0 Å². The van der Waals surface area contributed by atoms with Gasteiger partial charge >= 0.3 is 13.2 Å². The number of rotatable bonds is 3. The van der Waals surface area contributed by atoms with Crippen LogP contribution in [0, 0.1) is 5.92 Å². The molecule has 1 aliphatic heterocycles. The van der Waals surface area contributed by atoms with Gasteiger partial charge in [0.25, 0.3) is 0 Å². The Balaban J connectivity index is 1.76. The zero-order valence-corrected chi connectivity index (χ0v) is 13.5. The van der Waals surface area contributed by atoms with Gasteiger partial charge in [0.15, 0.2) is 0 Å². The van der Waals surface area contributed by atoms with Gasteiger partial charge in [-0.15, -0.1) is 0 Å². The maximum Gasteiger partial charge on any atom is 0.462 e. The van der Waals surface area contributed by atoms with Crippen molar-refractivity contribution in [2.24, 2.45) is 5.92 Å². The van der Waals surface area contributed by atoms with Crippen LogP contribution in [0.4, 0.5) is 0 Å². The van der Waals surface area contributed by atoms with Crippen LogP contribution in [0.1, 0.15) is 46.2 Å². The number of aromatic nitrogens is 2. The molecule has 3 rings (SSSR count). The molecule has 1 saturated heterocycles. The Bertz CT molecular complexity index is 564. The largest absolute Gasteiger partial charge is 0.462 e. The predicted octanol–water partition coefficient (Wildman–Crippen LogP) is 0.623. The maximum atomic E-state index is 9.15. The Morgan fingerprint density at radius 3 is 2.18 bits per heavy atom. The van der Waals surface area contributed by atoms with Crippen LogP contribution < -0.4 is 0 Å². The van der Waals surface area contributed by atoms with E-state index in [0.29, 0.717) is 16.3 Å². The quantitative estimate of drug-likeness (QED) is 0.559. The summed E-state index contributed by atoms with van der Waals surface area (Å²) in [5, 5.41) is 31.5. The molecule has 3 atom stereocenters. The minimum absolute atomic E-state index is 0.110. The normalized spacial score (nSPS) is 33.3. The van der Waals surface area contributed by atoms with Gasteiger partial charge in [0.1, 0.15) is 0 Å². The van der Waals surface area contributed by atoms with E-state index in [9.17, 15) is 0 Å². The standard InChI is InChI=1S/C14H23BN2O5/c1-8-10(9-6-7-17(16-9)14(18,19)20)11(8)15-21-12(2,3)13(4,5)22-15/h6-8,10-11,18-20H,1-5H3/t8-,10?,11?/m0/s1. The molecule has 122 valence electrons. The monoisotopic (exact) mass is 310 g/mol. The summed E-state index contributed by atoms with van der Waals surface area (Å²) < 4.78 is 12.9. The van der Waals surface area contributed by atoms with Crippen molar-refractivity contribution >= 4 is 7.12 Å². The van der Waals surface area contributed by atoms with E-state index in [4.69, 9.17) is 24.6 Å². The van der Waals surface area contributed by atoms with Crippen LogP contribution in [0.2, 0.25) is 5.82 Å². The Hall–Kier alpha value is -0.925. The van der Waals surface area contributed by atoms with Crippen LogP contribution in [0.25, 0.3) is 0 Å². The van der Waals surface area contributed by atoms with Crippen molar-refractivity contribution in [2.45, 2.75) is 63.7 Å². The van der Waals surface area contributed by atoms with Crippen molar-refractivity contribution in [3.8, 4) is 0 Å². The minimum atomic E-state index is -2.98. The average molecular weight is 310 g/mol. The lowest BCUT2D eigenvalue weighted by Gasteiger charge is -2.32. The van der Waals surface area contributed by atoms with Crippen molar-refractivity contribution in [3.63, 3.8) is 0 Å². The van der Waals surface area contributed by atoms with Gasteiger partial charge in [0, 0.05) is 17.9 Å². The van der Waals surface area contributed by atoms with E-state index >= 15 is 0 Å². The molecule has 2 aliphatic rings. The fourth-order valence-corrected chi connectivity index (χ4v) is 3.11. The van der Waals surface area contributed by atoms with E-state index in [1.807, 2.05) is 27.7 Å². The summed E-state index contributed by atoms with van der Waals surface area (Å²) in [6.07, 6.45) is -1.64. The molecule has 3 N–H and O–H groups in total. The van der Waals surface area contributed by atoms with Crippen LogP contribution in [0.3, 0.4) is 0 Å². The van der Waals surface area contributed by atoms with Gasteiger partial charge in [0.2, 0.25) is 0 Å². The van der Waals surface area contributed by atoms with Crippen molar-refractivity contribution in [2.75, 3.05) is 0 Å². The highest BCUT2D eigenvalue weighted by Gasteiger charge is 2.64. The number of aliphatic hydroxyl groups is 3. The molecule has 8 heteroatoms. The fourth-order valence-electron chi connectivity index (χ4n) is 3.11. The van der Waals surface area contributed by atoms with Gasteiger partial charge in [-0.2, -0.15) is 9.78 Å². The van der Waals surface area contributed by atoms with E-state index < -0.39 is 6.10 Å². The molecular weight excluding hydrogens is 287 g/mol. The smallest absolute Gasteiger partial charge is 0.403 e. The first kappa shape index (κ1) is 16.0. The molecule has 22 heavy (non-hydrogen) atoms. The second-order valence-corrected chi connectivity index (χ2v) is 7.37. The van der Waals surface area contributed by atoms with Gasteiger partial charge < -0.3 is 24.6 Å². The summed E-state index contributed by atoms with van der Waals surface area (Å²) in [4.78, 5) is 0. The highest BCUT2D eigenvalue weighted by Crippen LogP contribution is 2.62. The van der Waals surface area contributed by atoms with Gasteiger partial charge in [-0.05, 0) is 39.7 Å². The molecule has 0 aromatic carbocycles. The summed E-state index contributed by atoms with van der Waals surface area (Å²) >= 11 is 0. The fraction of sp³-hybridized carbons (Fsp3) is 0.786. The first-order valence-electron chi connectivity index (χ1n) is 7.53. The Morgan fingerprint density at radius 2 is 1.73 bits per heavy atom. The van der Waals surface area contributed by atoms with Gasteiger partial charge in [0.05, 0.1) is 16.9 Å². The first-order valence-corrected chi connectivity index (χ1v) is 7.53. The van der Waals surface area contributed by atoms with E-state index in [1.165, 1.54) is 6.20 Å². The van der Waals surface area contributed by atoms with E-state index in [-0.39, 0.29) is 30.1 Å². The Kier molecular flexibility index (Phi) is 3.30. The zero-order chi connectivity index (χ0) is 16.5. The molecule has 0 radical (unpaired) electrons. The van der Waals surface area contributed by atoms with Crippen LogP contribution in [0.15, 0.2) is 12.3 Å². The van der Waals surface area contributed by atoms with Gasteiger partial charge in [-0.1, -0.05) is 6.92 Å². The maximum absolute atomic E-state index is 9.15. The number of hydrogen-bond acceptors (Lipinski definition) is 6. The van der Waals surface area contributed by atoms with Crippen molar-refractivity contribution in [1.82, 2.24) is 9.78 Å².